The first kappa shape index (κ1) is 26.6. The summed E-state index contributed by atoms with van der Waals surface area (Å²) in [6, 6.07) is -0.609. The van der Waals surface area contributed by atoms with Crippen molar-refractivity contribution in [2.75, 3.05) is 26.9 Å². The number of carbonyl (C=O) groups is 4. The first-order valence-corrected chi connectivity index (χ1v) is 10.9. The van der Waals surface area contributed by atoms with Crippen molar-refractivity contribution in [1.82, 2.24) is 15.8 Å². The predicted molar refractivity (Wildman–Crippen MR) is 115 cm³/mol. The molecule has 1 aromatic heterocycles. The fraction of sp³-hybridized carbons (Fsp3) is 0.682. The van der Waals surface area contributed by atoms with Gasteiger partial charge in [-0.15, -0.1) is 0 Å². The number of aliphatic hydroxyl groups excluding tert-OH is 1. The van der Waals surface area contributed by atoms with Gasteiger partial charge in [0.25, 0.3) is 5.91 Å². The van der Waals surface area contributed by atoms with Crippen molar-refractivity contribution in [3.05, 3.63) is 17.5 Å². The maximum absolute atomic E-state index is 13.0. The Morgan fingerprint density at radius 1 is 1.24 bits per heavy atom. The lowest BCUT2D eigenvalue weighted by molar-refractivity contribution is -0.135. The van der Waals surface area contributed by atoms with Gasteiger partial charge in [0.1, 0.15) is 17.4 Å². The van der Waals surface area contributed by atoms with Crippen molar-refractivity contribution >= 4 is 23.4 Å². The van der Waals surface area contributed by atoms with E-state index in [9.17, 15) is 24.3 Å². The monoisotopic (exact) mass is 467 g/mol. The number of hydrogen-bond acceptors (Lipinski definition) is 9. The zero-order chi connectivity index (χ0) is 24.8. The average molecular weight is 468 g/mol. The van der Waals surface area contributed by atoms with Gasteiger partial charge in [-0.25, -0.2) is 0 Å². The van der Waals surface area contributed by atoms with Gasteiger partial charge in [-0.3, -0.25) is 19.2 Å². The first-order chi connectivity index (χ1) is 15.5. The van der Waals surface area contributed by atoms with Crippen LogP contribution in [0.3, 0.4) is 0 Å². The molecule has 1 aliphatic heterocycles. The molecule has 11 nitrogen and oxygen atoms in total. The molecular weight excluding hydrogens is 434 g/mol. The highest BCUT2D eigenvalue weighted by Gasteiger charge is 2.50. The van der Waals surface area contributed by atoms with Crippen molar-refractivity contribution < 1.29 is 38.3 Å². The Labute approximate surface area is 192 Å². The Bertz CT molecular complexity index is 862. The molecule has 0 aliphatic carbocycles. The van der Waals surface area contributed by atoms with Crippen molar-refractivity contribution in [3.63, 3.8) is 0 Å². The maximum atomic E-state index is 13.0. The minimum absolute atomic E-state index is 0.0317. The van der Waals surface area contributed by atoms with Crippen LogP contribution >= 0.6 is 0 Å². The van der Waals surface area contributed by atoms with E-state index in [0.29, 0.717) is 18.8 Å². The summed E-state index contributed by atoms with van der Waals surface area (Å²) in [6.45, 7) is 6.72. The number of ketones is 2. The topological polar surface area (TPSA) is 160 Å². The Morgan fingerprint density at radius 3 is 2.39 bits per heavy atom. The zero-order valence-corrected chi connectivity index (χ0v) is 19.7. The summed E-state index contributed by atoms with van der Waals surface area (Å²) in [5.74, 6) is -2.35. The summed E-state index contributed by atoms with van der Waals surface area (Å²) >= 11 is 0. The van der Waals surface area contributed by atoms with Gasteiger partial charge in [-0.1, -0.05) is 19.0 Å². The fourth-order valence-electron chi connectivity index (χ4n) is 3.36. The summed E-state index contributed by atoms with van der Waals surface area (Å²) in [7, 11) is 1.39. The highest BCUT2D eigenvalue weighted by atomic mass is 16.6. The summed E-state index contributed by atoms with van der Waals surface area (Å²) in [5.41, 5.74) is -0.929. The first-order valence-electron chi connectivity index (χ1n) is 10.9. The average Bonchev–Trinajstić information content (AvgIpc) is 3.35. The molecule has 0 unspecified atom stereocenters. The minimum Gasteiger partial charge on any atom is -0.394 e. The lowest BCUT2D eigenvalue weighted by Gasteiger charge is -2.24. The van der Waals surface area contributed by atoms with Crippen molar-refractivity contribution in [2.45, 2.75) is 58.2 Å². The van der Waals surface area contributed by atoms with Gasteiger partial charge < -0.3 is 29.7 Å². The fourth-order valence-corrected chi connectivity index (χ4v) is 3.36. The largest absolute Gasteiger partial charge is 0.394 e. The molecule has 0 saturated carbocycles. The number of nitrogens with zero attached hydrogens (tertiary/aromatic N) is 1. The molecule has 2 rings (SSSR count). The summed E-state index contributed by atoms with van der Waals surface area (Å²) in [5, 5.41) is 18.3. The van der Waals surface area contributed by atoms with Crippen LogP contribution in [0.1, 0.15) is 49.9 Å². The number of epoxide rings is 1. The molecule has 1 saturated heterocycles. The number of Topliss-reactive ketones (excluding diaryl/α,β-unsaturated/α-hetero) is 2. The Kier molecular flexibility index (Phi) is 9.26. The minimum atomic E-state index is -1.24. The van der Waals surface area contributed by atoms with Crippen LogP contribution in [0.2, 0.25) is 0 Å². The molecule has 33 heavy (non-hydrogen) atoms. The number of aliphatic hydroxyl groups is 1. The zero-order valence-electron chi connectivity index (χ0n) is 19.7. The number of rotatable bonds is 14. The number of amides is 2. The lowest BCUT2D eigenvalue weighted by atomic mass is 9.92. The number of methoxy groups -OCH3 is 1. The van der Waals surface area contributed by atoms with Gasteiger partial charge in [-0.2, -0.15) is 0 Å². The number of nitrogens with one attached hydrogen (secondary N) is 2. The molecule has 4 atom stereocenters. The molecule has 1 fully saturated rings. The van der Waals surface area contributed by atoms with Crippen molar-refractivity contribution in [2.24, 2.45) is 11.8 Å². The third kappa shape index (κ3) is 7.44. The Hall–Kier alpha value is -2.63. The van der Waals surface area contributed by atoms with Gasteiger partial charge in [0.15, 0.2) is 17.3 Å². The molecular formula is C22H33N3O8. The number of carbonyl (C=O) groups excluding carboxylic acids is 4. The highest BCUT2D eigenvalue weighted by Crippen LogP contribution is 2.29. The van der Waals surface area contributed by atoms with Crippen LogP contribution in [-0.4, -0.2) is 78.3 Å². The normalized spacial score (nSPS) is 20.1. The number of aryl methyl sites for hydroxylation is 1. The van der Waals surface area contributed by atoms with Crippen LogP contribution in [-0.2, 0) is 23.9 Å². The molecule has 0 bridgehead atoms. The van der Waals surface area contributed by atoms with Crippen molar-refractivity contribution in [1.29, 1.82) is 0 Å². The van der Waals surface area contributed by atoms with E-state index in [0.717, 1.165) is 0 Å². The highest BCUT2D eigenvalue weighted by molar-refractivity contribution is 5.99. The van der Waals surface area contributed by atoms with E-state index in [2.05, 4.69) is 15.8 Å². The second kappa shape index (κ2) is 11.5. The van der Waals surface area contributed by atoms with E-state index in [4.69, 9.17) is 14.0 Å². The van der Waals surface area contributed by atoms with Crippen LogP contribution in [0.15, 0.2) is 10.6 Å². The molecule has 11 heteroatoms. The standard InChI is InChI=1S/C22H33N3O8/c1-12(2)6-15(19(28)22(4)11-32-22)23-20(29)14(10-31-5)8-18(27)17(9-26)24-21(30)16-7-13(3)33-25-16/h7,12,14-15,17,26H,6,8-11H2,1-5H3,(H,23,29)(H,24,30)/t14-,15-,17-,22+/m0/s1. The van der Waals surface area contributed by atoms with E-state index >= 15 is 0 Å². The molecule has 2 amide bonds. The quantitative estimate of drug-likeness (QED) is 0.324. The van der Waals surface area contributed by atoms with Crippen LogP contribution in [0.5, 0.6) is 0 Å². The molecule has 1 aliphatic rings. The summed E-state index contributed by atoms with van der Waals surface area (Å²) < 4.78 is 15.2. The Balaban J connectivity index is 2.05. The predicted octanol–water partition coefficient (Wildman–Crippen LogP) is 0.184. The summed E-state index contributed by atoms with van der Waals surface area (Å²) in [6.07, 6.45) is 0.114. The molecule has 3 N–H and O–H groups in total. The third-order valence-electron chi connectivity index (χ3n) is 5.36. The molecule has 0 radical (unpaired) electrons. The van der Waals surface area contributed by atoms with E-state index in [-0.39, 0.29) is 30.4 Å². The van der Waals surface area contributed by atoms with E-state index < -0.39 is 47.8 Å². The third-order valence-corrected chi connectivity index (χ3v) is 5.36. The van der Waals surface area contributed by atoms with Gasteiger partial charge in [-0.05, 0) is 26.2 Å². The van der Waals surface area contributed by atoms with Gasteiger partial charge in [0.05, 0.1) is 31.8 Å². The van der Waals surface area contributed by atoms with Crippen LogP contribution in [0.4, 0.5) is 0 Å². The smallest absolute Gasteiger partial charge is 0.274 e. The molecule has 2 heterocycles. The van der Waals surface area contributed by atoms with E-state index in [1.54, 1.807) is 13.8 Å². The Morgan fingerprint density at radius 2 is 1.91 bits per heavy atom. The maximum Gasteiger partial charge on any atom is 0.274 e. The summed E-state index contributed by atoms with van der Waals surface area (Å²) in [4.78, 5) is 50.8. The van der Waals surface area contributed by atoms with Gasteiger partial charge >= 0.3 is 0 Å². The number of ether oxygens (including phenoxy) is 2. The molecule has 184 valence electrons. The van der Waals surface area contributed by atoms with Crippen LogP contribution in [0.25, 0.3) is 0 Å². The molecule has 0 aromatic carbocycles. The van der Waals surface area contributed by atoms with Crippen molar-refractivity contribution in [3.8, 4) is 0 Å². The second-order valence-electron chi connectivity index (χ2n) is 8.93. The molecule has 1 aromatic rings. The van der Waals surface area contributed by atoms with Crippen LogP contribution in [0, 0.1) is 18.8 Å². The van der Waals surface area contributed by atoms with E-state index in [1.807, 2.05) is 13.8 Å². The number of aromatic nitrogens is 1. The lowest BCUT2D eigenvalue weighted by Crippen LogP contribution is -2.50. The second-order valence-corrected chi connectivity index (χ2v) is 8.93. The SMILES string of the molecule is COC[C@H](CC(=O)[C@H](CO)NC(=O)c1cc(C)on1)C(=O)N[C@@H](CC(C)C)C(=O)[C@@]1(C)CO1. The molecule has 0 spiro atoms. The van der Waals surface area contributed by atoms with Gasteiger partial charge in [0, 0.05) is 19.6 Å². The number of hydrogen-bond donors (Lipinski definition) is 3. The van der Waals surface area contributed by atoms with Crippen LogP contribution < -0.4 is 10.6 Å². The van der Waals surface area contributed by atoms with E-state index in [1.165, 1.54) is 13.2 Å². The van der Waals surface area contributed by atoms with Gasteiger partial charge in [0.2, 0.25) is 5.91 Å².